The van der Waals surface area contributed by atoms with Crippen LogP contribution in [0.15, 0.2) is 27.3 Å². The van der Waals surface area contributed by atoms with Gasteiger partial charge in [0.2, 0.25) is 0 Å². The third-order valence-corrected chi connectivity index (χ3v) is 5.57. The summed E-state index contributed by atoms with van der Waals surface area (Å²) in [6.07, 6.45) is 3.88. The van der Waals surface area contributed by atoms with Crippen LogP contribution in [-0.2, 0) is 5.41 Å². The Morgan fingerprint density at radius 1 is 1.27 bits per heavy atom. The number of nitrogens with two attached hydrogens (primary N) is 1. The topological polar surface area (TPSA) is 55.9 Å². The maximum atomic E-state index is 13.5. The zero-order chi connectivity index (χ0) is 15.9. The molecule has 1 aromatic carbocycles. The van der Waals surface area contributed by atoms with E-state index in [-0.39, 0.29) is 11.2 Å². The number of nitrogens with one attached hydrogen (secondary N) is 1. The average Bonchev–Trinajstić information content (AvgIpc) is 2.81. The maximum Gasteiger partial charge on any atom is 0.131 e. The van der Waals surface area contributed by atoms with Crippen molar-refractivity contribution >= 4 is 37.7 Å². The van der Waals surface area contributed by atoms with Crippen LogP contribution >= 0.6 is 31.9 Å². The van der Waals surface area contributed by atoms with Crippen molar-refractivity contribution in [3.8, 4) is 5.69 Å². The zero-order valence-electron chi connectivity index (χ0n) is 12.2. The first-order valence-corrected chi connectivity index (χ1v) is 8.70. The number of benzene rings is 1. The van der Waals surface area contributed by atoms with E-state index < -0.39 is 0 Å². The molecule has 0 saturated carbocycles. The molecule has 7 heteroatoms. The fraction of sp³-hybridized carbons (Fsp3) is 0.400. The molecule has 0 atom stereocenters. The summed E-state index contributed by atoms with van der Waals surface area (Å²) in [5, 5.41) is 7.81. The minimum atomic E-state index is -0.321. The molecule has 4 nitrogen and oxygen atoms in total. The van der Waals surface area contributed by atoms with Gasteiger partial charge in [-0.15, -0.1) is 0 Å². The van der Waals surface area contributed by atoms with Crippen LogP contribution in [0.5, 0.6) is 0 Å². The smallest absolute Gasteiger partial charge is 0.131 e. The number of anilines is 1. The summed E-state index contributed by atoms with van der Waals surface area (Å²) in [4.78, 5) is 0. The van der Waals surface area contributed by atoms with Gasteiger partial charge in [0.05, 0.1) is 11.9 Å². The van der Waals surface area contributed by atoms with Gasteiger partial charge in [-0.25, -0.2) is 9.07 Å². The van der Waals surface area contributed by atoms with Gasteiger partial charge in [-0.2, -0.15) is 5.10 Å². The summed E-state index contributed by atoms with van der Waals surface area (Å²) in [5.74, 6) is 0.288. The molecule has 22 heavy (non-hydrogen) atoms. The van der Waals surface area contributed by atoms with Gasteiger partial charge in [0, 0.05) is 19.9 Å². The van der Waals surface area contributed by atoms with E-state index >= 15 is 0 Å². The number of nitrogen functional groups attached to an aromatic ring is 1. The number of piperidine rings is 1. The molecule has 1 aliphatic heterocycles. The highest BCUT2D eigenvalue weighted by Crippen LogP contribution is 2.39. The lowest BCUT2D eigenvalue weighted by Gasteiger charge is -2.33. The van der Waals surface area contributed by atoms with E-state index in [9.17, 15) is 4.39 Å². The highest BCUT2D eigenvalue weighted by Gasteiger charge is 2.33. The van der Waals surface area contributed by atoms with Crippen molar-refractivity contribution in [3.63, 3.8) is 0 Å². The second-order valence-electron chi connectivity index (χ2n) is 5.88. The number of halogens is 3. The quantitative estimate of drug-likeness (QED) is 0.761. The van der Waals surface area contributed by atoms with Gasteiger partial charge in [-0.3, -0.25) is 0 Å². The predicted molar refractivity (Wildman–Crippen MR) is 92.8 cm³/mol. The van der Waals surface area contributed by atoms with Crippen LogP contribution in [0, 0.1) is 5.82 Å². The molecule has 0 radical (unpaired) electrons. The van der Waals surface area contributed by atoms with E-state index in [2.05, 4.69) is 49.2 Å². The Bertz CT molecular complexity index is 685. The molecule has 2 aromatic rings. The molecule has 1 aromatic heterocycles. The van der Waals surface area contributed by atoms with Crippen LogP contribution in [0.2, 0.25) is 0 Å². The summed E-state index contributed by atoms with van der Waals surface area (Å²) < 4.78 is 16.3. The highest BCUT2D eigenvalue weighted by molar-refractivity contribution is 9.11. The summed E-state index contributed by atoms with van der Waals surface area (Å²) in [7, 11) is 0. The molecular weight excluding hydrogens is 415 g/mol. The molecule has 1 fully saturated rings. The molecule has 3 rings (SSSR count). The molecule has 1 aliphatic rings. The molecule has 3 N–H and O–H groups in total. The first-order chi connectivity index (χ1) is 10.4. The average molecular weight is 432 g/mol. The van der Waals surface area contributed by atoms with E-state index in [1.807, 2.05) is 6.20 Å². The Morgan fingerprint density at radius 2 is 1.86 bits per heavy atom. The van der Waals surface area contributed by atoms with Crippen LogP contribution in [0.1, 0.15) is 25.3 Å². The Kier molecular flexibility index (Phi) is 4.31. The normalized spacial score (nSPS) is 17.6. The first-order valence-electron chi connectivity index (χ1n) is 7.12. The van der Waals surface area contributed by atoms with Crippen LogP contribution in [0.25, 0.3) is 5.69 Å². The van der Waals surface area contributed by atoms with Crippen LogP contribution in [-0.4, -0.2) is 22.9 Å². The van der Waals surface area contributed by atoms with E-state index in [1.165, 1.54) is 12.1 Å². The highest BCUT2D eigenvalue weighted by atomic mass is 79.9. The van der Waals surface area contributed by atoms with Crippen LogP contribution < -0.4 is 11.1 Å². The third kappa shape index (κ3) is 2.70. The Morgan fingerprint density at radius 3 is 2.45 bits per heavy atom. The van der Waals surface area contributed by atoms with Gasteiger partial charge in [0.25, 0.3) is 0 Å². The van der Waals surface area contributed by atoms with Gasteiger partial charge in [-0.1, -0.05) is 6.92 Å². The molecule has 118 valence electrons. The molecule has 0 aliphatic carbocycles. The number of hydrogen-bond donors (Lipinski definition) is 2. The van der Waals surface area contributed by atoms with Crippen molar-refractivity contribution in [1.82, 2.24) is 15.1 Å². The Balaban J connectivity index is 2.08. The van der Waals surface area contributed by atoms with Crippen LogP contribution in [0.4, 0.5) is 10.2 Å². The largest absolute Gasteiger partial charge is 0.383 e. The fourth-order valence-corrected chi connectivity index (χ4v) is 4.45. The first kappa shape index (κ1) is 16.0. The lowest BCUT2D eigenvalue weighted by atomic mass is 9.76. The molecule has 0 unspecified atom stereocenters. The molecular formula is C15H17Br2FN4. The minimum Gasteiger partial charge on any atom is -0.383 e. The van der Waals surface area contributed by atoms with Crippen molar-refractivity contribution in [3.05, 3.63) is 38.7 Å². The van der Waals surface area contributed by atoms with Gasteiger partial charge < -0.3 is 11.1 Å². The van der Waals surface area contributed by atoms with Crippen molar-refractivity contribution in [2.75, 3.05) is 18.8 Å². The van der Waals surface area contributed by atoms with Crippen molar-refractivity contribution < 1.29 is 4.39 Å². The second-order valence-corrected chi connectivity index (χ2v) is 7.59. The minimum absolute atomic E-state index is 0.0204. The van der Waals surface area contributed by atoms with E-state index in [4.69, 9.17) is 5.73 Å². The SMILES string of the molecule is CC1(c2cnn(-c3c(Br)cc(F)cc3Br)c2N)CCNCC1. The summed E-state index contributed by atoms with van der Waals surface area (Å²) >= 11 is 6.78. The molecule has 0 bridgehead atoms. The number of rotatable bonds is 2. The van der Waals surface area contributed by atoms with Crippen LogP contribution in [0.3, 0.4) is 0 Å². The van der Waals surface area contributed by atoms with E-state index in [0.717, 1.165) is 31.5 Å². The number of aromatic nitrogens is 2. The standard InChI is InChI=1S/C15H17Br2FN4/c1-15(2-4-20-5-3-15)10-8-21-22(14(10)19)13-11(16)6-9(18)7-12(13)17/h6-8,20H,2-5,19H2,1H3. The number of nitrogens with zero attached hydrogens (tertiary/aromatic N) is 2. The molecule has 0 amide bonds. The van der Waals surface area contributed by atoms with E-state index in [1.54, 1.807) is 4.68 Å². The Labute approximate surface area is 145 Å². The molecule has 1 saturated heterocycles. The second kappa shape index (κ2) is 5.94. The van der Waals surface area contributed by atoms with Gasteiger partial charge >= 0.3 is 0 Å². The summed E-state index contributed by atoms with van der Waals surface area (Å²) in [6, 6.07) is 2.82. The third-order valence-electron chi connectivity index (χ3n) is 4.36. The van der Waals surface area contributed by atoms with Gasteiger partial charge in [0.15, 0.2) is 0 Å². The molecule has 2 heterocycles. The lowest BCUT2D eigenvalue weighted by Crippen LogP contribution is -2.37. The predicted octanol–water partition coefficient (Wildman–Crippen LogP) is 3.76. The lowest BCUT2D eigenvalue weighted by molar-refractivity contribution is 0.336. The monoisotopic (exact) mass is 430 g/mol. The maximum absolute atomic E-state index is 13.5. The van der Waals surface area contributed by atoms with Gasteiger partial charge in [0.1, 0.15) is 11.6 Å². The Hall–Kier alpha value is -0.920. The van der Waals surface area contributed by atoms with Crippen molar-refractivity contribution in [2.24, 2.45) is 0 Å². The zero-order valence-corrected chi connectivity index (χ0v) is 15.3. The summed E-state index contributed by atoms with van der Waals surface area (Å²) in [5.41, 5.74) is 8.16. The van der Waals surface area contributed by atoms with Crippen molar-refractivity contribution in [1.29, 1.82) is 0 Å². The van der Waals surface area contributed by atoms with Crippen molar-refractivity contribution in [2.45, 2.75) is 25.2 Å². The van der Waals surface area contributed by atoms with E-state index in [0.29, 0.717) is 20.5 Å². The summed E-state index contributed by atoms with van der Waals surface area (Å²) in [6.45, 7) is 4.18. The van der Waals surface area contributed by atoms with Gasteiger partial charge in [-0.05, 0) is 69.9 Å². The fourth-order valence-electron chi connectivity index (χ4n) is 2.99. The number of hydrogen-bond acceptors (Lipinski definition) is 3. The molecule has 0 spiro atoms.